The van der Waals surface area contributed by atoms with E-state index in [1.54, 1.807) is 17.5 Å². The summed E-state index contributed by atoms with van der Waals surface area (Å²) >= 11 is 1.21. The van der Waals surface area contributed by atoms with E-state index in [0.717, 1.165) is 6.07 Å². The minimum Gasteiger partial charge on any atom is -0.394 e. The van der Waals surface area contributed by atoms with Crippen LogP contribution in [-0.2, 0) is 0 Å². The molecule has 3 aromatic rings. The van der Waals surface area contributed by atoms with Crippen molar-refractivity contribution >= 4 is 23.2 Å². The predicted octanol–water partition coefficient (Wildman–Crippen LogP) is 4.65. The van der Waals surface area contributed by atoms with Crippen molar-refractivity contribution in [1.82, 2.24) is 14.9 Å². The second kappa shape index (κ2) is 8.84. The standard InChI is InChI=1S/C23H19F3N4O2S/c1-3-21-28-20(12-33-21)29-22(32)30(2)19(11-31)18-7-4-13(10-27-18)15-6-5-14(24)8-16(15)17-9-23(17,25)26/h1,4-8,10,12,17,19,31H,9,11H2,2H3,(H,29,32). The van der Waals surface area contributed by atoms with Crippen molar-refractivity contribution in [1.29, 1.82) is 0 Å². The molecule has 4 rings (SSSR count). The number of thiazole rings is 1. The number of carbonyl (C=O) groups is 1. The molecule has 6 nitrogen and oxygen atoms in total. The Morgan fingerprint density at radius 1 is 1.42 bits per heavy atom. The number of aromatic nitrogens is 2. The van der Waals surface area contributed by atoms with Gasteiger partial charge in [-0.25, -0.2) is 22.9 Å². The van der Waals surface area contributed by atoms with Crippen LogP contribution in [0.1, 0.15) is 34.6 Å². The Morgan fingerprint density at radius 2 is 2.18 bits per heavy atom. The number of aliphatic hydroxyl groups is 1. The van der Waals surface area contributed by atoms with Crippen LogP contribution in [0.5, 0.6) is 0 Å². The Bertz CT molecular complexity index is 1220. The van der Waals surface area contributed by atoms with Gasteiger partial charge in [0, 0.05) is 30.6 Å². The maximum absolute atomic E-state index is 13.7. The Kier molecular flexibility index (Phi) is 6.10. The highest BCUT2D eigenvalue weighted by Gasteiger charge is 2.58. The summed E-state index contributed by atoms with van der Waals surface area (Å²) in [6, 6.07) is 5.75. The van der Waals surface area contributed by atoms with Crippen LogP contribution in [0.2, 0.25) is 0 Å². The molecule has 2 aromatic heterocycles. The molecular formula is C23H19F3N4O2S. The van der Waals surface area contributed by atoms with Gasteiger partial charge in [0.15, 0.2) is 5.01 Å². The molecule has 10 heteroatoms. The number of likely N-dealkylation sites (N-methyl/N-ethyl adjacent to an activating group) is 1. The highest BCUT2D eigenvalue weighted by Crippen LogP contribution is 2.57. The monoisotopic (exact) mass is 472 g/mol. The van der Waals surface area contributed by atoms with Gasteiger partial charge in [0.1, 0.15) is 11.6 Å². The Labute approximate surface area is 192 Å². The number of anilines is 1. The van der Waals surface area contributed by atoms with Gasteiger partial charge in [-0.2, -0.15) is 0 Å². The number of halogens is 3. The van der Waals surface area contributed by atoms with E-state index in [1.807, 2.05) is 0 Å². The average Bonchev–Trinajstić information content (AvgIpc) is 3.21. The van der Waals surface area contributed by atoms with Gasteiger partial charge in [-0.3, -0.25) is 10.3 Å². The van der Waals surface area contributed by atoms with E-state index in [-0.39, 0.29) is 12.0 Å². The first-order valence-electron chi connectivity index (χ1n) is 9.94. The summed E-state index contributed by atoms with van der Waals surface area (Å²) < 4.78 is 41.0. The number of hydrogen-bond acceptors (Lipinski definition) is 5. The summed E-state index contributed by atoms with van der Waals surface area (Å²) in [5.41, 5.74) is 1.63. The largest absolute Gasteiger partial charge is 0.394 e. The van der Waals surface area contributed by atoms with Crippen molar-refractivity contribution in [2.45, 2.75) is 24.3 Å². The van der Waals surface area contributed by atoms with Crippen molar-refractivity contribution in [3.05, 3.63) is 64.0 Å². The first kappa shape index (κ1) is 22.8. The molecule has 1 aliphatic rings. The van der Waals surface area contributed by atoms with Crippen molar-refractivity contribution in [2.75, 3.05) is 19.0 Å². The molecule has 1 aliphatic carbocycles. The van der Waals surface area contributed by atoms with Gasteiger partial charge in [-0.1, -0.05) is 12.1 Å². The number of nitrogens with one attached hydrogen (secondary N) is 1. The molecule has 2 heterocycles. The van der Waals surface area contributed by atoms with Crippen molar-refractivity contribution in [3.8, 4) is 23.5 Å². The van der Waals surface area contributed by atoms with Crippen molar-refractivity contribution in [2.24, 2.45) is 0 Å². The molecule has 0 spiro atoms. The molecule has 1 fully saturated rings. The van der Waals surface area contributed by atoms with E-state index in [4.69, 9.17) is 6.42 Å². The van der Waals surface area contributed by atoms with Gasteiger partial charge in [0.2, 0.25) is 0 Å². The molecule has 2 N–H and O–H groups in total. The summed E-state index contributed by atoms with van der Waals surface area (Å²) in [6.45, 7) is -0.404. The van der Waals surface area contributed by atoms with Crippen LogP contribution < -0.4 is 5.32 Å². The molecule has 0 saturated heterocycles. The number of urea groups is 1. The zero-order valence-electron chi connectivity index (χ0n) is 17.4. The Morgan fingerprint density at radius 3 is 2.76 bits per heavy atom. The van der Waals surface area contributed by atoms with E-state index < -0.39 is 36.3 Å². The first-order valence-corrected chi connectivity index (χ1v) is 10.8. The molecule has 2 atom stereocenters. The lowest BCUT2D eigenvalue weighted by molar-refractivity contribution is 0.112. The summed E-state index contributed by atoms with van der Waals surface area (Å²) in [4.78, 5) is 22.2. The van der Waals surface area contributed by atoms with Crippen LogP contribution in [-0.4, -0.2) is 45.6 Å². The van der Waals surface area contributed by atoms with Crippen molar-refractivity contribution in [3.63, 3.8) is 0 Å². The minimum atomic E-state index is -2.84. The second-order valence-electron chi connectivity index (χ2n) is 7.64. The van der Waals surface area contributed by atoms with Gasteiger partial charge in [0.05, 0.1) is 24.3 Å². The SMILES string of the molecule is C#Cc1nc(NC(=O)N(C)C(CO)c2ccc(-c3ccc(F)cc3C3CC3(F)F)cn2)cs1. The molecule has 0 bridgehead atoms. The lowest BCUT2D eigenvalue weighted by Gasteiger charge is -2.26. The number of alkyl halides is 2. The number of amides is 2. The quantitative estimate of drug-likeness (QED) is 0.512. The van der Waals surface area contributed by atoms with E-state index in [1.165, 1.54) is 41.6 Å². The van der Waals surface area contributed by atoms with Gasteiger partial charge >= 0.3 is 6.03 Å². The smallest absolute Gasteiger partial charge is 0.323 e. The van der Waals surface area contributed by atoms with Crippen LogP contribution >= 0.6 is 11.3 Å². The fourth-order valence-electron chi connectivity index (χ4n) is 3.55. The number of benzene rings is 1. The zero-order chi connectivity index (χ0) is 23.8. The Hall–Kier alpha value is -3.42. The maximum Gasteiger partial charge on any atom is 0.323 e. The number of pyridine rings is 1. The minimum absolute atomic E-state index is 0.236. The summed E-state index contributed by atoms with van der Waals surface area (Å²) in [5.74, 6) is -1.77. The fraction of sp³-hybridized carbons (Fsp3) is 0.261. The van der Waals surface area contributed by atoms with Crippen molar-refractivity contribution < 1.29 is 23.1 Å². The van der Waals surface area contributed by atoms with E-state index in [9.17, 15) is 23.1 Å². The number of nitrogens with zero attached hydrogens (tertiary/aromatic N) is 3. The summed E-state index contributed by atoms with van der Waals surface area (Å²) in [7, 11) is 1.49. The molecule has 2 unspecified atom stereocenters. The van der Waals surface area contributed by atoms with Crippen LogP contribution in [0, 0.1) is 18.2 Å². The normalized spacial score (nSPS) is 17.2. The second-order valence-corrected chi connectivity index (χ2v) is 8.50. The highest BCUT2D eigenvalue weighted by atomic mass is 32.1. The number of terminal acetylenes is 1. The molecule has 2 amide bonds. The summed E-state index contributed by atoms with van der Waals surface area (Å²) in [5, 5.41) is 14.5. The van der Waals surface area contributed by atoms with Gasteiger partial charge in [-0.05, 0) is 35.2 Å². The van der Waals surface area contributed by atoms with Crippen LogP contribution in [0.15, 0.2) is 41.9 Å². The third-order valence-electron chi connectivity index (χ3n) is 5.48. The maximum atomic E-state index is 13.7. The summed E-state index contributed by atoms with van der Waals surface area (Å²) in [6.07, 6.45) is 6.42. The average molecular weight is 472 g/mol. The lowest BCUT2D eigenvalue weighted by Crippen LogP contribution is -2.37. The number of carbonyl (C=O) groups excluding carboxylic acids is 1. The topological polar surface area (TPSA) is 78.4 Å². The van der Waals surface area contributed by atoms with Gasteiger partial charge < -0.3 is 10.0 Å². The third kappa shape index (κ3) is 4.69. The highest BCUT2D eigenvalue weighted by molar-refractivity contribution is 7.10. The van der Waals surface area contributed by atoms with Gasteiger partial charge in [-0.15, -0.1) is 17.8 Å². The van der Waals surface area contributed by atoms with E-state index in [2.05, 4.69) is 21.2 Å². The Balaban J connectivity index is 1.53. The van der Waals surface area contributed by atoms with E-state index in [0.29, 0.717) is 27.6 Å². The predicted molar refractivity (Wildman–Crippen MR) is 119 cm³/mol. The zero-order valence-corrected chi connectivity index (χ0v) is 18.2. The van der Waals surface area contributed by atoms with Gasteiger partial charge in [0.25, 0.3) is 5.92 Å². The van der Waals surface area contributed by atoms with Crippen LogP contribution in [0.4, 0.5) is 23.8 Å². The van der Waals surface area contributed by atoms with Crippen LogP contribution in [0.3, 0.4) is 0 Å². The number of hydrogen-bond donors (Lipinski definition) is 2. The van der Waals surface area contributed by atoms with E-state index >= 15 is 0 Å². The fourth-order valence-corrected chi connectivity index (χ4v) is 4.10. The molecule has 0 radical (unpaired) electrons. The molecule has 170 valence electrons. The number of rotatable bonds is 6. The molecule has 1 saturated carbocycles. The third-order valence-corrected chi connectivity index (χ3v) is 6.25. The molecule has 1 aromatic carbocycles. The lowest BCUT2D eigenvalue weighted by atomic mass is 9.97. The van der Waals surface area contributed by atoms with Crippen LogP contribution in [0.25, 0.3) is 11.1 Å². The molecule has 33 heavy (non-hydrogen) atoms. The first-order chi connectivity index (χ1) is 15.7. The molecule has 0 aliphatic heterocycles. The molecular weight excluding hydrogens is 453 g/mol. The number of aliphatic hydroxyl groups excluding tert-OH is 1.